The SMILES string of the molecule is O=C(NC1CC1)C(=O)N1CCN(S(=O)(=O)c2cccc3nsnc23)CC1. The number of sulfonamides is 1. The van der Waals surface area contributed by atoms with Crippen LogP contribution in [0.25, 0.3) is 11.0 Å². The van der Waals surface area contributed by atoms with Gasteiger partial charge in [-0.05, 0) is 25.0 Å². The molecule has 0 bridgehead atoms. The van der Waals surface area contributed by atoms with Crippen LogP contribution >= 0.6 is 11.7 Å². The average molecular weight is 395 g/mol. The average Bonchev–Trinajstić information content (AvgIpc) is 3.32. The van der Waals surface area contributed by atoms with Crippen molar-refractivity contribution in [1.29, 1.82) is 0 Å². The van der Waals surface area contributed by atoms with Crippen LogP contribution in [0.4, 0.5) is 0 Å². The molecule has 2 amide bonds. The van der Waals surface area contributed by atoms with Crippen molar-refractivity contribution in [3.63, 3.8) is 0 Å². The molecule has 11 heteroatoms. The van der Waals surface area contributed by atoms with Crippen molar-refractivity contribution >= 4 is 44.6 Å². The van der Waals surface area contributed by atoms with Gasteiger partial charge in [0, 0.05) is 32.2 Å². The van der Waals surface area contributed by atoms with Gasteiger partial charge in [-0.1, -0.05) is 6.07 Å². The van der Waals surface area contributed by atoms with E-state index in [0.29, 0.717) is 11.0 Å². The van der Waals surface area contributed by atoms with Crippen LogP contribution in [0.5, 0.6) is 0 Å². The Balaban J connectivity index is 1.46. The Morgan fingerprint density at radius 3 is 2.54 bits per heavy atom. The Kier molecular flexibility index (Phi) is 4.37. The summed E-state index contributed by atoms with van der Waals surface area (Å²) in [5, 5.41) is 2.66. The number of hydrogen-bond donors (Lipinski definition) is 1. The number of carbonyl (C=O) groups is 2. The third-order valence-electron chi connectivity index (χ3n) is 4.50. The van der Waals surface area contributed by atoms with Crippen molar-refractivity contribution in [3.8, 4) is 0 Å². The summed E-state index contributed by atoms with van der Waals surface area (Å²) in [6.07, 6.45) is 1.81. The fraction of sp³-hybridized carbons (Fsp3) is 0.467. The second kappa shape index (κ2) is 6.56. The molecule has 4 rings (SSSR count). The van der Waals surface area contributed by atoms with Crippen LogP contribution in [-0.2, 0) is 19.6 Å². The van der Waals surface area contributed by atoms with E-state index < -0.39 is 21.8 Å². The summed E-state index contributed by atoms with van der Waals surface area (Å²) in [5.74, 6) is -1.21. The fourth-order valence-electron chi connectivity index (χ4n) is 2.88. The van der Waals surface area contributed by atoms with Crippen LogP contribution in [0.1, 0.15) is 12.8 Å². The van der Waals surface area contributed by atoms with E-state index in [2.05, 4.69) is 14.1 Å². The first kappa shape index (κ1) is 17.3. The number of amides is 2. The summed E-state index contributed by atoms with van der Waals surface area (Å²) in [4.78, 5) is 25.5. The smallest absolute Gasteiger partial charge is 0.311 e. The van der Waals surface area contributed by atoms with Crippen molar-refractivity contribution in [2.24, 2.45) is 0 Å². The standard InChI is InChI=1S/C15H17N5O4S2/c21-14(16-10-4-5-10)15(22)19-6-8-20(9-7-19)26(23,24)12-3-1-2-11-13(12)18-25-17-11/h1-3,10H,4-9H2,(H,16,21). The van der Waals surface area contributed by atoms with Crippen LogP contribution in [-0.4, -0.2) is 70.4 Å². The summed E-state index contributed by atoms with van der Waals surface area (Å²) in [6.45, 7) is 0.639. The predicted octanol–water partition coefficient (Wildman–Crippen LogP) is -0.197. The van der Waals surface area contributed by atoms with Crippen molar-refractivity contribution in [1.82, 2.24) is 23.3 Å². The number of piperazine rings is 1. The molecule has 1 saturated heterocycles. The van der Waals surface area contributed by atoms with Crippen molar-refractivity contribution in [2.45, 2.75) is 23.8 Å². The summed E-state index contributed by atoms with van der Waals surface area (Å²) in [7, 11) is -3.74. The Hall–Kier alpha value is -2.11. The van der Waals surface area contributed by atoms with E-state index in [-0.39, 0.29) is 37.1 Å². The van der Waals surface area contributed by atoms with E-state index in [1.54, 1.807) is 12.1 Å². The lowest BCUT2D eigenvalue weighted by Crippen LogP contribution is -2.54. The quantitative estimate of drug-likeness (QED) is 0.721. The fourth-order valence-corrected chi connectivity index (χ4v) is 5.05. The van der Waals surface area contributed by atoms with E-state index in [4.69, 9.17) is 0 Å². The maximum Gasteiger partial charge on any atom is 0.311 e. The van der Waals surface area contributed by atoms with Crippen LogP contribution in [0.2, 0.25) is 0 Å². The zero-order valence-electron chi connectivity index (χ0n) is 13.8. The van der Waals surface area contributed by atoms with Gasteiger partial charge in [0.05, 0.1) is 11.7 Å². The minimum atomic E-state index is -3.74. The molecular weight excluding hydrogens is 378 g/mol. The van der Waals surface area contributed by atoms with Gasteiger partial charge < -0.3 is 10.2 Å². The zero-order chi connectivity index (χ0) is 18.3. The molecule has 0 unspecified atom stereocenters. The highest BCUT2D eigenvalue weighted by molar-refractivity contribution is 7.89. The third-order valence-corrected chi connectivity index (χ3v) is 6.97. The lowest BCUT2D eigenvalue weighted by molar-refractivity contribution is -0.146. The third kappa shape index (κ3) is 3.17. The maximum atomic E-state index is 12.9. The summed E-state index contributed by atoms with van der Waals surface area (Å²) in [5.41, 5.74) is 0.904. The molecule has 0 radical (unpaired) electrons. The summed E-state index contributed by atoms with van der Waals surface area (Å²) in [6, 6.07) is 4.98. The monoisotopic (exact) mass is 395 g/mol. The number of rotatable bonds is 3. The van der Waals surface area contributed by atoms with Gasteiger partial charge in [-0.15, -0.1) is 0 Å². The van der Waals surface area contributed by atoms with Gasteiger partial charge in [0.15, 0.2) is 0 Å². The molecule has 1 aromatic carbocycles. The molecule has 1 saturated carbocycles. The number of carbonyl (C=O) groups excluding carboxylic acids is 2. The molecule has 1 aromatic heterocycles. The topological polar surface area (TPSA) is 113 Å². The zero-order valence-corrected chi connectivity index (χ0v) is 15.4. The van der Waals surface area contributed by atoms with Gasteiger partial charge in [-0.25, -0.2) is 8.42 Å². The Morgan fingerprint density at radius 1 is 1.12 bits per heavy atom. The molecule has 138 valence electrons. The van der Waals surface area contributed by atoms with Crippen LogP contribution in [0, 0.1) is 0 Å². The predicted molar refractivity (Wildman–Crippen MR) is 93.9 cm³/mol. The number of benzene rings is 1. The number of nitrogens with one attached hydrogen (secondary N) is 1. The van der Waals surface area contributed by atoms with Crippen LogP contribution in [0.3, 0.4) is 0 Å². The summed E-state index contributed by atoms with van der Waals surface area (Å²) < 4.78 is 35.4. The maximum absolute atomic E-state index is 12.9. The van der Waals surface area contributed by atoms with Gasteiger partial charge in [0.1, 0.15) is 15.9 Å². The van der Waals surface area contributed by atoms with Crippen LogP contribution < -0.4 is 5.32 Å². The Morgan fingerprint density at radius 2 is 1.85 bits per heavy atom. The van der Waals surface area contributed by atoms with Crippen molar-refractivity contribution < 1.29 is 18.0 Å². The molecule has 2 aromatic rings. The first-order valence-corrected chi connectivity index (χ1v) is 10.4. The lowest BCUT2D eigenvalue weighted by atomic mass is 10.3. The van der Waals surface area contributed by atoms with Crippen molar-refractivity contribution in [2.75, 3.05) is 26.2 Å². The van der Waals surface area contributed by atoms with Gasteiger partial charge in [0.2, 0.25) is 10.0 Å². The van der Waals surface area contributed by atoms with Gasteiger partial charge in [-0.3, -0.25) is 9.59 Å². The van der Waals surface area contributed by atoms with E-state index in [9.17, 15) is 18.0 Å². The molecule has 2 heterocycles. The molecule has 0 atom stereocenters. The largest absolute Gasteiger partial charge is 0.345 e. The van der Waals surface area contributed by atoms with Gasteiger partial charge in [0.25, 0.3) is 0 Å². The minimum absolute atomic E-state index is 0.111. The Labute approximate surface area is 154 Å². The van der Waals surface area contributed by atoms with E-state index in [0.717, 1.165) is 24.6 Å². The highest BCUT2D eigenvalue weighted by Crippen LogP contribution is 2.25. The second-order valence-corrected chi connectivity index (χ2v) is 8.77. The first-order chi connectivity index (χ1) is 12.5. The number of hydrogen-bond acceptors (Lipinski definition) is 7. The number of fused-ring (bicyclic) bond motifs is 1. The molecule has 0 spiro atoms. The molecule has 1 aliphatic carbocycles. The molecular formula is C15H17N5O4S2. The molecule has 9 nitrogen and oxygen atoms in total. The van der Waals surface area contributed by atoms with Gasteiger partial charge >= 0.3 is 11.8 Å². The summed E-state index contributed by atoms with van der Waals surface area (Å²) >= 11 is 0.967. The molecule has 2 fully saturated rings. The molecule has 1 aliphatic heterocycles. The first-order valence-electron chi connectivity index (χ1n) is 8.28. The van der Waals surface area contributed by atoms with Crippen molar-refractivity contribution in [3.05, 3.63) is 18.2 Å². The van der Waals surface area contributed by atoms with E-state index in [1.807, 2.05) is 0 Å². The number of nitrogens with zero attached hydrogens (tertiary/aromatic N) is 4. The molecule has 2 aliphatic rings. The second-order valence-electron chi connectivity index (χ2n) is 6.33. The number of aromatic nitrogens is 2. The van der Waals surface area contributed by atoms with E-state index in [1.165, 1.54) is 15.3 Å². The van der Waals surface area contributed by atoms with Gasteiger partial charge in [-0.2, -0.15) is 13.1 Å². The highest BCUT2D eigenvalue weighted by Gasteiger charge is 2.34. The normalized spacial score (nSPS) is 18.8. The molecule has 1 N–H and O–H groups in total. The lowest BCUT2D eigenvalue weighted by Gasteiger charge is -2.33. The molecule has 26 heavy (non-hydrogen) atoms. The Bertz CT molecular complexity index is 961. The van der Waals surface area contributed by atoms with Crippen LogP contribution in [0.15, 0.2) is 23.1 Å². The van der Waals surface area contributed by atoms with E-state index >= 15 is 0 Å². The highest BCUT2D eigenvalue weighted by atomic mass is 32.2. The minimum Gasteiger partial charge on any atom is -0.345 e.